The molecular weight excluding hydrogens is 408 g/mol. The summed E-state index contributed by atoms with van der Waals surface area (Å²) < 4.78 is 5.47. The van der Waals surface area contributed by atoms with Crippen molar-refractivity contribution < 1.29 is 0 Å². The number of hydrogen-bond donors (Lipinski definition) is 0. The van der Waals surface area contributed by atoms with Crippen LogP contribution in [-0.2, 0) is 12.3 Å². The monoisotopic (exact) mass is 420 g/mol. The Morgan fingerprint density at radius 2 is 2.00 bits per heavy atom. The van der Waals surface area contributed by atoms with Gasteiger partial charge in [0.1, 0.15) is 4.70 Å². The zero-order chi connectivity index (χ0) is 16.7. The van der Waals surface area contributed by atoms with Crippen molar-refractivity contribution in [2.45, 2.75) is 24.4 Å². The standard InChI is InChI=1S/C16H13BrN4OS2/c1-2-20-14(22)13-12(7-8-23-13)21-15(20)18-19-16(21)24-9-10-3-5-11(17)6-4-10/h3-8H,2,9H2,1H3. The van der Waals surface area contributed by atoms with Gasteiger partial charge in [0, 0.05) is 16.8 Å². The van der Waals surface area contributed by atoms with Gasteiger partial charge in [-0.25, -0.2) is 0 Å². The second-order valence-electron chi connectivity index (χ2n) is 5.22. The van der Waals surface area contributed by atoms with Crippen molar-refractivity contribution in [3.05, 3.63) is 56.1 Å². The largest absolute Gasteiger partial charge is 0.276 e. The Kier molecular flexibility index (Phi) is 4.19. The number of rotatable bonds is 4. The number of hydrogen-bond acceptors (Lipinski definition) is 5. The first kappa shape index (κ1) is 15.9. The zero-order valence-electron chi connectivity index (χ0n) is 12.8. The highest BCUT2D eigenvalue weighted by Gasteiger charge is 2.16. The molecule has 0 aliphatic rings. The molecule has 0 aliphatic carbocycles. The molecule has 0 saturated carbocycles. The number of thioether (sulfide) groups is 1. The number of nitrogens with zero attached hydrogens (tertiary/aromatic N) is 4. The lowest BCUT2D eigenvalue weighted by molar-refractivity contribution is 0.735. The van der Waals surface area contributed by atoms with Crippen LogP contribution >= 0.6 is 39.0 Å². The molecule has 8 heteroatoms. The van der Waals surface area contributed by atoms with Crippen LogP contribution in [0.1, 0.15) is 12.5 Å². The Hall–Kier alpha value is -1.64. The molecule has 0 amide bonds. The topological polar surface area (TPSA) is 52.2 Å². The number of thiophene rings is 1. The second-order valence-corrected chi connectivity index (χ2v) is 7.99. The molecule has 3 aromatic heterocycles. The summed E-state index contributed by atoms with van der Waals surface area (Å²) in [7, 11) is 0. The Morgan fingerprint density at radius 1 is 1.21 bits per heavy atom. The molecule has 0 saturated heterocycles. The van der Waals surface area contributed by atoms with Gasteiger partial charge in [-0.2, -0.15) is 0 Å². The summed E-state index contributed by atoms with van der Waals surface area (Å²) in [5.41, 5.74) is 2.10. The van der Waals surface area contributed by atoms with Crippen LogP contribution in [0.5, 0.6) is 0 Å². The first-order valence-corrected chi connectivity index (χ1v) is 10.1. The summed E-state index contributed by atoms with van der Waals surface area (Å²) in [6.07, 6.45) is 0. The summed E-state index contributed by atoms with van der Waals surface area (Å²) in [5, 5.41) is 11.3. The third-order valence-electron chi connectivity index (χ3n) is 3.78. The van der Waals surface area contributed by atoms with Gasteiger partial charge in [-0.15, -0.1) is 21.5 Å². The molecule has 3 heterocycles. The van der Waals surface area contributed by atoms with Crippen LogP contribution in [0, 0.1) is 0 Å². The van der Waals surface area contributed by atoms with Gasteiger partial charge in [0.25, 0.3) is 5.56 Å². The van der Waals surface area contributed by atoms with Crippen LogP contribution in [0.15, 0.2) is 50.1 Å². The fourth-order valence-corrected chi connectivity index (χ4v) is 4.59. The molecule has 1 aromatic carbocycles. The Balaban J connectivity index is 1.80. The average Bonchev–Trinajstić information content (AvgIpc) is 3.21. The fourth-order valence-electron chi connectivity index (χ4n) is 2.61. The van der Waals surface area contributed by atoms with E-state index in [1.165, 1.54) is 16.9 Å². The Bertz CT molecular complexity index is 1080. The molecule has 0 radical (unpaired) electrons. The van der Waals surface area contributed by atoms with Crippen molar-refractivity contribution in [1.82, 2.24) is 19.2 Å². The van der Waals surface area contributed by atoms with Gasteiger partial charge in [0.15, 0.2) is 5.16 Å². The minimum atomic E-state index is 0.00635. The van der Waals surface area contributed by atoms with Crippen molar-refractivity contribution in [3.63, 3.8) is 0 Å². The maximum Gasteiger partial charge on any atom is 0.272 e. The summed E-state index contributed by atoms with van der Waals surface area (Å²) in [4.78, 5) is 12.5. The van der Waals surface area contributed by atoms with Crippen LogP contribution in [0.25, 0.3) is 16.0 Å². The second kappa shape index (κ2) is 6.34. The normalized spacial score (nSPS) is 11.6. The predicted molar refractivity (Wildman–Crippen MR) is 102 cm³/mol. The van der Waals surface area contributed by atoms with Gasteiger partial charge in [-0.1, -0.05) is 39.8 Å². The molecule has 4 rings (SSSR count). The summed E-state index contributed by atoms with van der Waals surface area (Å²) in [5.74, 6) is 1.40. The fraction of sp³-hybridized carbons (Fsp3) is 0.188. The van der Waals surface area contributed by atoms with E-state index in [2.05, 4.69) is 38.3 Å². The Labute approximate surface area is 154 Å². The zero-order valence-corrected chi connectivity index (χ0v) is 16.0. The van der Waals surface area contributed by atoms with Gasteiger partial charge in [-0.3, -0.25) is 13.8 Å². The van der Waals surface area contributed by atoms with Gasteiger partial charge >= 0.3 is 0 Å². The van der Waals surface area contributed by atoms with E-state index in [9.17, 15) is 4.79 Å². The van der Waals surface area contributed by atoms with E-state index in [1.54, 1.807) is 16.3 Å². The van der Waals surface area contributed by atoms with E-state index in [0.29, 0.717) is 12.3 Å². The molecular formula is C16H13BrN4OS2. The predicted octanol–water partition coefficient (Wildman–Crippen LogP) is 4.18. The SMILES string of the molecule is CCn1c(=O)c2sccc2n2c(SCc3ccc(Br)cc3)nnc12. The van der Waals surface area contributed by atoms with Gasteiger partial charge in [-0.05, 0) is 36.1 Å². The molecule has 24 heavy (non-hydrogen) atoms. The van der Waals surface area contributed by atoms with Gasteiger partial charge < -0.3 is 0 Å². The smallest absolute Gasteiger partial charge is 0.272 e. The lowest BCUT2D eigenvalue weighted by Gasteiger charge is -2.07. The minimum Gasteiger partial charge on any atom is -0.276 e. The molecule has 5 nitrogen and oxygen atoms in total. The molecule has 0 fully saturated rings. The molecule has 122 valence electrons. The minimum absolute atomic E-state index is 0.00635. The number of aryl methyl sites for hydroxylation is 1. The lowest BCUT2D eigenvalue weighted by atomic mass is 10.2. The number of halogens is 1. The third kappa shape index (κ3) is 2.58. The average molecular weight is 421 g/mol. The van der Waals surface area contributed by atoms with Crippen molar-refractivity contribution >= 4 is 55.0 Å². The molecule has 0 aliphatic heterocycles. The van der Waals surface area contributed by atoms with E-state index in [4.69, 9.17) is 0 Å². The summed E-state index contributed by atoms with van der Waals surface area (Å²) in [6, 6.07) is 10.2. The van der Waals surface area contributed by atoms with Crippen LogP contribution in [0.2, 0.25) is 0 Å². The summed E-state index contributed by atoms with van der Waals surface area (Å²) >= 11 is 6.53. The number of aromatic nitrogens is 4. The van der Waals surface area contributed by atoms with Crippen molar-refractivity contribution in [3.8, 4) is 0 Å². The van der Waals surface area contributed by atoms with E-state index in [1.807, 2.05) is 34.9 Å². The maximum absolute atomic E-state index is 12.5. The lowest BCUT2D eigenvalue weighted by Crippen LogP contribution is -2.21. The van der Waals surface area contributed by atoms with Crippen LogP contribution in [0.3, 0.4) is 0 Å². The van der Waals surface area contributed by atoms with E-state index in [-0.39, 0.29) is 5.56 Å². The van der Waals surface area contributed by atoms with E-state index < -0.39 is 0 Å². The highest BCUT2D eigenvalue weighted by molar-refractivity contribution is 9.10. The van der Waals surface area contributed by atoms with Crippen LogP contribution < -0.4 is 5.56 Å². The molecule has 4 aromatic rings. The Morgan fingerprint density at radius 3 is 2.75 bits per heavy atom. The van der Waals surface area contributed by atoms with Crippen molar-refractivity contribution in [2.24, 2.45) is 0 Å². The highest BCUT2D eigenvalue weighted by atomic mass is 79.9. The van der Waals surface area contributed by atoms with Crippen molar-refractivity contribution in [1.29, 1.82) is 0 Å². The molecule has 0 N–H and O–H groups in total. The van der Waals surface area contributed by atoms with Crippen LogP contribution in [0.4, 0.5) is 0 Å². The third-order valence-corrected chi connectivity index (χ3v) is 6.20. The first-order valence-electron chi connectivity index (χ1n) is 7.41. The molecule has 0 bridgehead atoms. The summed E-state index contributed by atoms with van der Waals surface area (Å²) in [6.45, 7) is 2.52. The van der Waals surface area contributed by atoms with Crippen molar-refractivity contribution in [2.75, 3.05) is 0 Å². The van der Waals surface area contributed by atoms with Crippen LogP contribution in [-0.4, -0.2) is 19.2 Å². The number of benzene rings is 1. The van der Waals surface area contributed by atoms with Gasteiger partial charge in [0.05, 0.1) is 5.52 Å². The van der Waals surface area contributed by atoms with E-state index >= 15 is 0 Å². The maximum atomic E-state index is 12.5. The number of fused-ring (bicyclic) bond motifs is 3. The first-order chi connectivity index (χ1) is 11.7. The molecule has 0 atom stereocenters. The highest BCUT2D eigenvalue weighted by Crippen LogP contribution is 2.26. The quantitative estimate of drug-likeness (QED) is 0.464. The van der Waals surface area contributed by atoms with Gasteiger partial charge in [0.2, 0.25) is 5.78 Å². The molecule has 0 unspecified atom stereocenters. The molecule has 0 spiro atoms. The van der Waals surface area contributed by atoms with E-state index in [0.717, 1.165) is 25.6 Å².